The van der Waals surface area contributed by atoms with Crippen molar-refractivity contribution in [1.29, 1.82) is 0 Å². The number of hydrazine groups is 1. The second kappa shape index (κ2) is 5.54. The molecule has 18 heavy (non-hydrogen) atoms. The normalized spacial score (nSPS) is 12.7. The third-order valence-corrected chi connectivity index (χ3v) is 2.40. The zero-order valence-electron chi connectivity index (χ0n) is 9.56. The third-order valence-electron chi connectivity index (χ3n) is 2.30. The average Bonchev–Trinajstić information content (AvgIpc) is 2.36. The predicted octanol–water partition coefficient (Wildman–Crippen LogP) is -0.135. The average molecular weight is 267 g/mol. The van der Waals surface area contributed by atoms with Gasteiger partial charge < -0.3 is 15.2 Å². The highest BCUT2D eigenvalue weighted by Gasteiger charge is 2.12. The first-order chi connectivity index (χ1) is 8.65. The van der Waals surface area contributed by atoms with Crippen molar-refractivity contribution in [2.45, 2.75) is 6.42 Å². The second-order valence-corrected chi connectivity index (χ2v) is 4.13. The minimum Gasteiger partial charge on any atom is -0.486 e. The lowest BCUT2D eigenvalue weighted by molar-refractivity contribution is -0.121. The number of nitrogens with two attached hydrogens (primary N) is 1. The lowest BCUT2D eigenvalue weighted by Crippen LogP contribution is -2.44. The molecule has 6 nitrogen and oxygen atoms in total. The molecule has 1 aromatic rings. The maximum atomic E-state index is 11.5. The number of ether oxygens (including phenoxy) is 2. The number of hydrogen-bond donors (Lipinski definition) is 3. The van der Waals surface area contributed by atoms with Gasteiger partial charge in [0.1, 0.15) is 13.2 Å². The number of carbonyl (C=O) groups excluding carboxylic acids is 1. The SMILES string of the molecule is NC(=S)NNC(=O)Cc1ccc2c(c1)OCCO2. The van der Waals surface area contributed by atoms with Gasteiger partial charge in [-0.15, -0.1) is 0 Å². The molecule has 0 saturated heterocycles. The zero-order valence-corrected chi connectivity index (χ0v) is 10.4. The number of carbonyl (C=O) groups is 1. The van der Waals surface area contributed by atoms with E-state index < -0.39 is 0 Å². The number of nitrogens with one attached hydrogen (secondary N) is 2. The summed E-state index contributed by atoms with van der Waals surface area (Å²) in [4.78, 5) is 11.5. The molecule has 1 aliphatic rings. The highest BCUT2D eigenvalue weighted by molar-refractivity contribution is 7.80. The molecule has 2 rings (SSSR count). The molecule has 1 amide bonds. The Bertz CT molecular complexity index is 479. The van der Waals surface area contributed by atoms with Crippen LogP contribution in [0.2, 0.25) is 0 Å². The molecule has 96 valence electrons. The summed E-state index contributed by atoms with van der Waals surface area (Å²) in [5.74, 6) is 1.13. The van der Waals surface area contributed by atoms with Gasteiger partial charge in [-0.3, -0.25) is 15.6 Å². The molecule has 1 aromatic carbocycles. The van der Waals surface area contributed by atoms with Crippen LogP contribution in [0, 0.1) is 0 Å². The maximum Gasteiger partial charge on any atom is 0.242 e. The van der Waals surface area contributed by atoms with Crippen molar-refractivity contribution in [2.24, 2.45) is 5.73 Å². The fourth-order valence-corrected chi connectivity index (χ4v) is 1.61. The Labute approximate surface area is 109 Å². The van der Waals surface area contributed by atoms with Gasteiger partial charge in [0.05, 0.1) is 6.42 Å². The van der Waals surface area contributed by atoms with Crippen LogP contribution < -0.4 is 26.1 Å². The van der Waals surface area contributed by atoms with E-state index in [1.54, 1.807) is 12.1 Å². The molecule has 0 saturated carbocycles. The van der Waals surface area contributed by atoms with Crippen LogP contribution in [0.3, 0.4) is 0 Å². The molecule has 1 aliphatic heterocycles. The Morgan fingerprint density at radius 3 is 2.72 bits per heavy atom. The van der Waals surface area contributed by atoms with E-state index in [0.29, 0.717) is 24.7 Å². The first kappa shape index (κ1) is 12.4. The number of hydrogen-bond acceptors (Lipinski definition) is 4. The van der Waals surface area contributed by atoms with Gasteiger partial charge in [0.15, 0.2) is 16.6 Å². The van der Waals surface area contributed by atoms with E-state index in [0.717, 1.165) is 5.56 Å². The molecular formula is C11H13N3O3S. The Balaban J connectivity index is 1.97. The molecule has 1 heterocycles. The van der Waals surface area contributed by atoms with Gasteiger partial charge in [-0.05, 0) is 29.9 Å². The smallest absolute Gasteiger partial charge is 0.242 e. The summed E-state index contributed by atoms with van der Waals surface area (Å²) in [5.41, 5.74) is 10.8. The van der Waals surface area contributed by atoms with Crippen molar-refractivity contribution in [3.8, 4) is 11.5 Å². The molecule has 0 spiro atoms. The largest absolute Gasteiger partial charge is 0.486 e. The van der Waals surface area contributed by atoms with Crippen LogP contribution in [-0.2, 0) is 11.2 Å². The molecule has 7 heteroatoms. The van der Waals surface area contributed by atoms with Gasteiger partial charge in [-0.2, -0.15) is 0 Å². The molecular weight excluding hydrogens is 254 g/mol. The summed E-state index contributed by atoms with van der Waals surface area (Å²) in [7, 11) is 0. The fourth-order valence-electron chi connectivity index (χ4n) is 1.56. The number of rotatable bonds is 2. The maximum absolute atomic E-state index is 11.5. The topological polar surface area (TPSA) is 85.6 Å². The first-order valence-corrected chi connectivity index (χ1v) is 5.79. The van der Waals surface area contributed by atoms with Gasteiger partial charge in [0.2, 0.25) is 5.91 Å². The molecule has 4 N–H and O–H groups in total. The van der Waals surface area contributed by atoms with E-state index in [1.807, 2.05) is 6.07 Å². The van der Waals surface area contributed by atoms with Crippen molar-refractivity contribution in [3.63, 3.8) is 0 Å². The predicted molar refractivity (Wildman–Crippen MR) is 69.2 cm³/mol. The molecule has 0 aliphatic carbocycles. The van der Waals surface area contributed by atoms with E-state index in [4.69, 9.17) is 15.2 Å². The van der Waals surface area contributed by atoms with Crippen LogP contribution in [-0.4, -0.2) is 24.2 Å². The molecule has 0 atom stereocenters. The monoisotopic (exact) mass is 267 g/mol. The molecule has 0 fully saturated rings. The lowest BCUT2D eigenvalue weighted by Gasteiger charge is -2.18. The standard InChI is InChI=1S/C11H13N3O3S/c12-11(18)14-13-10(15)6-7-1-2-8-9(5-7)17-4-3-16-8/h1-2,5H,3-4,6H2,(H,13,15)(H3,12,14,18). The first-order valence-electron chi connectivity index (χ1n) is 5.38. The van der Waals surface area contributed by atoms with Gasteiger partial charge in [-0.25, -0.2) is 0 Å². The van der Waals surface area contributed by atoms with Gasteiger partial charge in [-0.1, -0.05) is 6.07 Å². The Kier molecular flexibility index (Phi) is 3.83. The summed E-state index contributed by atoms with van der Waals surface area (Å²) < 4.78 is 10.8. The van der Waals surface area contributed by atoms with E-state index >= 15 is 0 Å². The summed E-state index contributed by atoms with van der Waals surface area (Å²) >= 11 is 4.57. The highest BCUT2D eigenvalue weighted by Crippen LogP contribution is 2.30. The van der Waals surface area contributed by atoms with Crippen LogP contribution in [0.1, 0.15) is 5.56 Å². The Morgan fingerprint density at radius 1 is 1.28 bits per heavy atom. The molecule has 0 bridgehead atoms. The third kappa shape index (κ3) is 3.24. The number of benzene rings is 1. The summed E-state index contributed by atoms with van der Waals surface area (Å²) in [6.45, 7) is 1.07. The summed E-state index contributed by atoms with van der Waals surface area (Å²) in [6.07, 6.45) is 0.201. The summed E-state index contributed by atoms with van der Waals surface area (Å²) in [6, 6.07) is 5.39. The van der Waals surface area contributed by atoms with Crippen molar-refractivity contribution in [3.05, 3.63) is 23.8 Å². The number of amides is 1. The van der Waals surface area contributed by atoms with Crippen LogP contribution in [0.15, 0.2) is 18.2 Å². The van der Waals surface area contributed by atoms with Crippen molar-refractivity contribution < 1.29 is 14.3 Å². The lowest BCUT2D eigenvalue weighted by atomic mass is 10.1. The minimum absolute atomic E-state index is 0.0190. The number of fused-ring (bicyclic) bond motifs is 1. The highest BCUT2D eigenvalue weighted by atomic mass is 32.1. The summed E-state index contributed by atoms with van der Waals surface area (Å²) in [5, 5.41) is 0.0190. The van der Waals surface area contributed by atoms with Crippen LogP contribution in [0.25, 0.3) is 0 Å². The van der Waals surface area contributed by atoms with Gasteiger partial charge in [0, 0.05) is 0 Å². The van der Waals surface area contributed by atoms with Crippen LogP contribution in [0.4, 0.5) is 0 Å². The Morgan fingerprint density at radius 2 is 2.00 bits per heavy atom. The van der Waals surface area contributed by atoms with Crippen molar-refractivity contribution >= 4 is 23.2 Å². The molecule has 0 aromatic heterocycles. The zero-order chi connectivity index (χ0) is 13.0. The van der Waals surface area contributed by atoms with E-state index in [1.165, 1.54) is 0 Å². The fraction of sp³-hybridized carbons (Fsp3) is 0.273. The van der Waals surface area contributed by atoms with Crippen molar-refractivity contribution in [1.82, 2.24) is 10.9 Å². The van der Waals surface area contributed by atoms with E-state index in [2.05, 4.69) is 23.1 Å². The van der Waals surface area contributed by atoms with E-state index in [9.17, 15) is 4.79 Å². The minimum atomic E-state index is -0.237. The van der Waals surface area contributed by atoms with Crippen LogP contribution >= 0.6 is 12.2 Å². The Hall–Kier alpha value is -2.02. The second-order valence-electron chi connectivity index (χ2n) is 3.69. The number of thiocarbonyl (C=S) groups is 1. The van der Waals surface area contributed by atoms with Crippen molar-refractivity contribution in [2.75, 3.05) is 13.2 Å². The quantitative estimate of drug-likeness (QED) is 0.511. The molecule has 0 radical (unpaired) electrons. The van der Waals surface area contributed by atoms with Gasteiger partial charge in [0.25, 0.3) is 0 Å². The van der Waals surface area contributed by atoms with E-state index in [-0.39, 0.29) is 17.4 Å². The van der Waals surface area contributed by atoms with Gasteiger partial charge >= 0.3 is 0 Å². The van der Waals surface area contributed by atoms with Crippen LogP contribution in [0.5, 0.6) is 11.5 Å². The molecule has 0 unspecified atom stereocenters.